The van der Waals surface area contributed by atoms with Crippen LogP contribution in [0.5, 0.6) is 0 Å². The summed E-state index contributed by atoms with van der Waals surface area (Å²) in [6, 6.07) is 11.4. The minimum atomic E-state index is -0.00995. The Labute approximate surface area is 117 Å². The predicted molar refractivity (Wildman–Crippen MR) is 77.5 cm³/mol. The number of nitrogens with one attached hydrogen (secondary N) is 1. The van der Waals surface area contributed by atoms with Crippen molar-refractivity contribution in [1.82, 2.24) is 9.88 Å². The topological polar surface area (TPSA) is 49.2 Å². The van der Waals surface area contributed by atoms with Crippen molar-refractivity contribution in [3.8, 4) is 0 Å². The van der Waals surface area contributed by atoms with Crippen LogP contribution in [0.25, 0.3) is 10.9 Å². The van der Waals surface area contributed by atoms with Crippen LogP contribution in [0.15, 0.2) is 47.0 Å². The molecule has 0 aliphatic rings. The summed E-state index contributed by atoms with van der Waals surface area (Å²) < 4.78 is 5.51. The summed E-state index contributed by atoms with van der Waals surface area (Å²) in [6.45, 7) is 2.36. The highest BCUT2D eigenvalue weighted by molar-refractivity contribution is 6.06. The van der Waals surface area contributed by atoms with E-state index in [1.54, 1.807) is 11.9 Å². The molecule has 0 spiro atoms. The lowest BCUT2D eigenvalue weighted by Gasteiger charge is -2.16. The third-order valence-corrected chi connectivity index (χ3v) is 3.36. The first kappa shape index (κ1) is 12.5. The van der Waals surface area contributed by atoms with E-state index in [1.165, 1.54) is 0 Å². The summed E-state index contributed by atoms with van der Waals surface area (Å²) in [6.07, 6.45) is 1.84. The van der Waals surface area contributed by atoms with Crippen LogP contribution in [0.4, 0.5) is 0 Å². The maximum absolute atomic E-state index is 12.5. The summed E-state index contributed by atoms with van der Waals surface area (Å²) >= 11 is 0. The molecule has 4 nitrogen and oxygen atoms in total. The van der Waals surface area contributed by atoms with Gasteiger partial charge in [-0.2, -0.15) is 0 Å². The number of nitrogens with zero attached hydrogens (tertiary/aromatic N) is 1. The van der Waals surface area contributed by atoms with Gasteiger partial charge in [-0.1, -0.05) is 6.07 Å². The van der Waals surface area contributed by atoms with E-state index in [2.05, 4.69) is 4.98 Å². The van der Waals surface area contributed by atoms with Crippen LogP contribution in [-0.2, 0) is 6.54 Å². The lowest BCUT2D eigenvalue weighted by Crippen LogP contribution is -2.26. The van der Waals surface area contributed by atoms with Crippen LogP contribution in [0.1, 0.15) is 21.9 Å². The average molecular weight is 268 g/mol. The van der Waals surface area contributed by atoms with Crippen LogP contribution in [0.3, 0.4) is 0 Å². The van der Waals surface area contributed by atoms with E-state index in [-0.39, 0.29) is 5.91 Å². The van der Waals surface area contributed by atoms with E-state index in [1.807, 2.05) is 49.5 Å². The molecule has 0 radical (unpaired) electrons. The van der Waals surface area contributed by atoms with Gasteiger partial charge in [0.05, 0.1) is 6.54 Å². The molecule has 0 saturated heterocycles. The van der Waals surface area contributed by atoms with Gasteiger partial charge in [0.2, 0.25) is 0 Å². The molecule has 1 N–H and O–H groups in total. The standard InChI is InChI=1S/C16H16N2O2/c1-11-6-7-12(20-11)10-18(2)16(19)14-4-3-5-15-13(14)8-9-17-15/h3-9,17H,10H2,1-2H3. The molecule has 2 aromatic heterocycles. The van der Waals surface area contributed by atoms with Gasteiger partial charge in [0, 0.05) is 29.7 Å². The Balaban J connectivity index is 1.86. The molecule has 0 bridgehead atoms. The Bertz CT molecular complexity index is 755. The van der Waals surface area contributed by atoms with Crippen molar-refractivity contribution in [3.63, 3.8) is 0 Å². The number of hydrogen-bond donors (Lipinski definition) is 1. The summed E-state index contributed by atoms with van der Waals surface area (Å²) in [7, 11) is 1.78. The van der Waals surface area contributed by atoms with Crippen molar-refractivity contribution in [1.29, 1.82) is 0 Å². The maximum Gasteiger partial charge on any atom is 0.254 e. The number of furan rings is 1. The molecule has 0 aliphatic heterocycles. The molecular weight excluding hydrogens is 252 g/mol. The normalized spacial score (nSPS) is 10.9. The number of benzene rings is 1. The second kappa shape index (κ2) is 4.89. The lowest BCUT2D eigenvalue weighted by molar-refractivity contribution is 0.0777. The van der Waals surface area contributed by atoms with Crippen LogP contribution in [0, 0.1) is 6.92 Å². The number of H-pyrrole nitrogens is 1. The molecule has 0 atom stereocenters. The van der Waals surface area contributed by atoms with Gasteiger partial charge in [-0.05, 0) is 37.3 Å². The number of fused-ring (bicyclic) bond motifs is 1. The third kappa shape index (κ3) is 2.20. The quantitative estimate of drug-likeness (QED) is 0.792. The Morgan fingerprint density at radius 3 is 2.85 bits per heavy atom. The molecule has 0 unspecified atom stereocenters. The Morgan fingerprint density at radius 2 is 2.10 bits per heavy atom. The average Bonchev–Trinajstić information content (AvgIpc) is 3.06. The fourth-order valence-corrected chi connectivity index (χ4v) is 2.35. The van der Waals surface area contributed by atoms with Crippen molar-refractivity contribution in [2.75, 3.05) is 7.05 Å². The molecule has 1 aromatic carbocycles. The van der Waals surface area contributed by atoms with E-state index in [9.17, 15) is 4.79 Å². The second-order valence-corrected chi connectivity index (χ2v) is 4.92. The molecule has 3 rings (SSSR count). The van der Waals surface area contributed by atoms with Crippen molar-refractivity contribution in [3.05, 3.63) is 59.7 Å². The largest absolute Gasteiger partial charge is 0.464 e. The molecule has 0 saturated carbocycles. The molecule has 20 heavy (non-hydrogen) atoms. The second-order valence-electron chi connectivity index (χ2n) is 4.92. The third-order valence-electron chi connectivity index (χ3n) is 3.36. The van der Waals surface area contributed by atoms with Crippen LogP contribution < -0.4 is 0 Å². The van der Waals surface area contributed by atoms with Gasteiger partial charge < -0.3 is 14.3 Å². The first-order chi connectivity index (χ1) is 9.65. The molecule has 2 heterocycles. The number of amides is 1. The number of aromatic nitrogens is 1. The molecule has 0 aliphatic carbocycles. The van der Waals surface area contributed by atoms with E-state index in [0.717, 1.165) is 22.4 Å². The zero-order chi connectivity index (χ0) is 14.1. The first-order valence-electron chi connectivity index (χ1n) is 6.52. The fraction of sp³-hybridized carbons (Fsp3) is 0.188. The van der Waals surface area contributed by atoms with Gasteiger partial charge in [0.15, 0.2) is 0 Å². The molecule has 102 valence electrons. The van der Waals surface area contributed by atoms with Gasteiger partial charge in [-0.25, -0.2) is 0 Å². The van der Waals surface area contributed by atoms with Gasteiger partial charge in [-0.15, -0.1) is 0 Å². The molecular formula is C16H16N2O2. The number of carbonyl (C=O) groups is 1. The summed E-state index contributed by atoms with van der Waals surface area (Å²) in [5.41, 5.74) is 1.67. The first-order valence-corrected chi connectivity index (χ1v) is 6.52. The van der Waals surface area contributed by atoms with E-state index < -0.39 is 0 Å². The van der Waals surface area contributed by atoms with Gasteiger partial charge in [0.1, 0.15) is 11.5 Å². The van der Waals surface area contributed by atoms with Crippen LogP contribution >= 0.6 is 0 Å². The Hall–Kier alpha value is -2.49. The summed E-state index contributed by atoms with van der Waals surface area (Å²) in [5, 5.41) is 0.944. The van der Waals surface area contributed by atoms with E-state index in [4.69, 9.17) is 4.42 Å². The monoisotopic (exact) mass is 268 g/mol. The zero-order valence-corrected chi connectivity index (χ0v) is 11.5. The summed E-state index contributed by atoms with van der Waals surface area (Å²) in [4.78, 5) is 17.3. The number of hydrogen-bond acceptors (Lipinski definition) is 2. The van der Waals surface area contributed by atoms with Crippen molar-refractivity contribution < 1.29 is 9.21 Å². The molecule has 0 fully saturated rings. The van der Waals surface area contributed by atoms with Crippen molar-refractivity contribution >= 4 is 16.8 Å². The molecule has 4 heteroatoms. The number of aryl methyl sites for hydroxylation is 1. The number of aromatic amines is 1. The highest BCUT2D eigenvalue weighted by Gasteiger charge is 2.16. The van der Waals surface area contributed by atoms with Crippen LogP contribution in [-0.4, -0.2) is 22.8 Å². The minimum absolute atomic E-state index is 0.00995. The van der Waals surface area contributed by atoms with Gasteiger partial charge in [0.25, 0.3) is 5.91 Å². The van der Waals surface area contributed by atoms with E-state index in [0.29, 0.717) is 12.1 Å². The predicted octanol–water partition coefficient (Wildman–Crippen LogP) is 3.34. The highest BCUT2D eigenvalue weighted by atomic mass is 16.3. The lowest BCUT2D eigenvalue weighted by atomic mass is 10.1. The van der Waals surface area contributed by atoms with Crippen molar-refractivity contribution in [2.24, 2.45) is 0 Å². The maximum atomic E-state index is 12.5. The fourth-order valence-electron chi connectivity index (χ4n) is 2.35. The van der Waals surface area contributed by atoms with E-state index >= 15 is 0 Å². The Kier molecular flexibility index (Phi) is 3.06. The zero-order valence-electron chi connectivity index (χ0n) is 11.5. The highest BCUT2D eigenvalue weighted by Crippen LogP contribution is 2.19. The Morgan fingerprint density at radius 1 is 1.25 bits per heavy atom. The molecule has 3 aromatic rings. The number of rotatable bonds is 3. The number of carbonyl (C=O) groups excluding carboxylic acids is 1. The smallest absolute Gasteiger partial charge is 0.254 e. The van der Waals surface area contributed by atoms with Gasteiger partial charge >= 0.3 is 0 Å². The van der Waals surface area contributed by atoms with Crippen LogP contribution in [0.2, 0.25) is 0 Å². The summed E-state index contributed by atoms with van der Waals surface area (Å²) in [5.74, 6) is 1.64. The van der Waals surface area contributed by atoms with Gasteiger partial charge in [-0.3, -0.25) is 4.79 Å². The SMILES string of the molecule is Cc1ccc(CN(C)C(=O)c2cccc3[nH]ccc23)o1. The molecule has 1 amide bonds. The van der Waals surface area contributed by atoms with Crippen molar-refractivity contribution in [2.45, 2.75) is 13.5 Å². The minimum Gasteiger partial charge on any atom is -0.464 e.